The van der Waals surface area contributed by atoms with Gasteiger partial charge >= 0.3 is 0 Å². The summed E-state index contributed by atoms with van der Waals surface area (Å²) >= 11 is 6.00. The lowest BCUT2D eigenvalue weighted by Crippen LogP contribution is -2.39. The molecule has 0 spiro atoms. The molecule has 0 bridgehead atoms. The van der Waals surface area contributed by atoms with Crippen molar-refractivity contribution < 1.29 is 13.9 Å². The number of fused-ring (bicyclic) bond motifs is 1. The maximum atomic E-state index is 13.6. The molecular formula is C21H21ClFN3O3. The Morgan fingerprint density at radius 1 is 1.31 bits per heavy atom. The molecule has 1 heterocycles. The average Bonchev–Trinajstić information content (AvgIpc) is 2.71. The van der Waals surface area contributed by atoms with Crippen molar-refractivity contribution >= 4 is 28.4 Å². The predicted octanol–water partition coefficient (Wildman–Crippen LogP) is 3.58. The van der Waals surface area contributed by atoms with Gasteiger partial charge in [0.25, 0.3) is 11.5 Å². The molecule has 3 aromatic rings. The number of methoxy groups -OCH3 is 1. The van der Waals surface area contributed by atoms with Crippen LogP contribution in [-0.4, -0.2) is 40.6 Å². The van der Waals surface area contributed by atoms with Crippen LogP contribution < -0.4 is 5.56 Å². The summed E-state index contributed by atoms with van der Waals surface area (Å²) in [5.41, 5.74) is 0.444. The van der Waals surface area contributed by atoms with E-state index < -0.39 is 11.9 Å². The highest BCUT2D eigenvalue weighted by molar-refractivity contribution is 6.31. The Hall–Kier alpha value is -2.77. The van der Waals surface area contributed by atoms with E-state index in [4.69, 9.17) is 16.3 Å². The molecule has 0 aliphatic heterocycles. The average molecular weight is 418 g/mol. The number of rotatable bonds is 6. The zero-order valence-corrected chi connectivity index (χ0v) is 17.1. The van der Waals surface area contributed by atoms with Crippen LogP contribution in [-0.2, 0) is 11.8 Å². The third-order valence-electron chi connectivity index (χ3n) is 4.78. The Kier molecular flexibility index (Phi) is 6.30. The van der Waals surface area contributed by atoms with Crippen molar-refractivity contribution in [2.75, 3.05) is 20.3 Å². The van der Waals surface area contributed by atoms with Crippen LogP contribution in [0.2, 0.25) is 5.02 Å². The summed E-state index contributed by atoms with van der Waals surface area (Å²) in [6.07, 6.45) is 0. The van der Waals surface area contributed by atoms with Gasteiger partial charge in [-0.2, -0.15) is 0 Å². The van der Waals surface area contributed by atoms with Gasteiger partial charge in [0.15, 0.2) is 0 Å². The number of halogens is 2. The molecule has 1 aromatic heterocycles. The van der Waals surface area contributed by atoms with E-state index >= 15 is 0 Å². The van der Waals surface area contributed by atoms with Gasteiger partial charge in [-0.3, -0.25) is 14.2 Å². The third-order valence-corrected chi connectivity index (χ3v) is 5.02. The molecule has 0 aliphatic carbocycles. The molecule has 29 heavy (non-hydrogen) atoms. The van der Waals surface area contributed by atoms with Crippen molar-refractivity contribution in [3.05, 3.63) is 75.0 Å². The summed E-state index contributed by atoms with van der Waals surface area (Å²) in [4.78, 5) is 32.0. The highest BCUT2D eigenvalue weighted by Crippen LogP contribution is 2.23. The molecule has 0 fully saturated rings. The number of aromatic nitrogens is 2. The second kappa shape index (κ2) is 8.71. The minimum absolute atomic E-state index is 0.213. The quantitative estimate of drug-likeness (QED) is 0.615. The predicted molar refractivity (Wildman–Crippen MR) is 110 cm³/mol. The van der Waals surface area contributed by atoms with Crippen molar-refractivity contribution in [2.24, 2.45) is 7.05 Å². The molecule has 0 radical (unpaired) electrons. The highest BCUT2D eigenvalue weighted by atomic mass is 35.5. The lowest BCUT2D eigenvalue weighted by atomic mass is 10.1. The summed E-state index contributed by atoms with van der Waals surface area (Å²) in [5.74, 6) is -0.464. The highest BCUT2D eigenvalue weighted by Gasteiger charge is 2.26. The second-order valence-electron chi connectivity index (χ2n) is 6.67. The molecule has 8 heteroatoms. The van der Waals surface area contributed by atoms with E-state index in [2.05, 4.69) is 4.98 Å². The van der Waals surface area contributed by atoms with E-state index in [1.54, 1.807) is 38.2 Å². The number of carbonyl (C=O) groups excluding carboxylic acids is 1. The molecule has 0 saturated carbocycles. The van der Waals surface area contributed by atoms with Crippen LogP contribution in [0, 0.1) is 5.82 Å². The van der Waals surface area contributed by atoms with Gasteiger partial charge in [-0.15, -0.1) is 0 Å². The van der Waals surface area contributed by atoms with Gasteiger partial charge in [0, 0.05) is 31.3 Å². The summed E-state index contributed by atoms with van der Waals surface area (Å²) in [7, 11) is 3.13. The van der Waals surface area contributed by atoms with E-state index in [0.29, 0.717) is 21.7 Å². The van der Waals surface area contributed by atoms with Crippen LogP contribution in [0.15, 0.2) is 47.3 Å². The molecule has 152 valence electrons. The first-order valence-electron chi connectivity index (χ1n) is 9.05. The number of hydrogen-bond donors (Lipinski definition) is 0. The molecule has 2 aromatic carbocycles. The zero-order chi connectivity index (χ0) is 21.1. The minimum atomic E-state index is -0.557. The Balaban J connectivity index is 2.07. The van der Waals surface area contributed by atoms with Crippen molar-refractivity contribution in [2.45, 2.75) is 13.0 Å². The van der Waals surface area contributed by atoms with Gasteiger partial charge in [-0.1, -0.05) is 17.7 Å². The van der Waals surface area contributed by atoms with Crippen LogP contribution in [0.1, 0.15) is 29.1 Å². The third kappa shape index (κ3) is 4.31. The SMILES string of the molecule is COCCN(C(=O)c1cccc(F)c1)C(C)c1nc2ccc(Cl)cc2c(=O)n1C. The van der Waals surface area contributed by atoms with E-state index in [1.165, 1.54) is 34.8 Å². The first-order chi connectivity index (χ1) is 13.8. The van der Waals surface area contributed by atoms with E-state index in [0.717, 1.165) is 0 Å². The molecule has 1 atom stereocenters. The summed E-state index contributed by atoms with van der Waals surface area (Å²) in [6.45, 7) is 2.31. The Morgan fingerprint density at radius 2 is 2.07 bits per heavy atom. The lowest BCUT2D eigenvalue weighted by molar-refractivity contribution is 0.0603. The molecule has 0 saturated heterocycles. The van der Waals surface area contributed by atoms with Crippen molar-refractivity contribution in [1.82, 2.24) is 14.5 Å². The Morgan fingerprint density at radius 3 is 2.76 bits per heavy atom. The van der Waals surface area contributed by atoms with Crippen molar-refractivity contribution in [3.63, 3.8) is 0 Å². The van der Waals surface area contributed by atoms with Crippen molar-refractivity contribution in [3.8, 4) is 0 Å². The first kappa shape index (κ1) is 21.0. The summed E-state index contributed by atoms with van der Waals surface area (Å²) < 4.78 is 20.2. The number of amides is 1. The normalized spacial score (nSPS) is 12.2. The topological polar surface area (TPSA) is 64.4 Å². The van der Waals surface area contributed by atoms with Crippen LogP contribution in [0.4, 0.5) is 4.39 Å². The molecule has 1 unspecified atom stereocenters. The van der Waals surface area contributed by atoms with Gasteiger partial charge in [0.2, 0.25) is 0 Å². The summed E-state index contributed by atoms with van der Waals surface area (Å²) in [6, 6.07) is 9.83. The van der Waals surface area contributed by atoms with Crippen molar-refractivity contribution in [1.29, 1.82) is 0 Å². The van der Waals surface area contributed by atoms with Crippen LogP contribution in [0.3, 0.4) is 0 Å². The number of ether oxygens (including phenoxy) is 1. The monoisotopic (exact) mass is 417 g/mol. The maximum Gasteiger partial charge on any atom is 0.261 e. The van der Waals surface area contributed by atoms with Gasteiger partial charge < -0.3 is 9.64 Å². The number of nitrogens with zero attached hydrogens (tertiary/aromatic N) is 3. The molecule has 0 aliphatic rings. The lowest BCUT2D eigenvalue weighted by Gasteiger charge is -2.30. The van der Waals surface area contributed by atoms with Gasteiger partial charge in [0.05, 0.1) is 23.6 Å². The Labute approximate surface area is 172 Å². The van der Waals surface area contributed by atoms with Gasteiger partial charge in [0.1, 0.15) is 11.6 Å². The summed E-state index contributed by atoms with van der Waals surface area (Å²) in [5, 5.41) is 0.844. The minimum Gasteiger partial charge on any atom is -0.383 e. The standard InChI is InChI=1S/C21H21ClFN3O3/c1-13(19-24-18-8-7-15(22)12-17(18)21(28)25(19)2)26(9-10-29-3)20(27)14-5-4-6-16(23)11-14/h4-8,11-13H,9-10H2,1-3H3. The number of hydrogen-bond acceptors (Lipinski definition) is 4. The number of carbonyl (C=O) groups is 1. The largest absolute Gasteiger partial charge is 0.383 e. The van der Waals surface area contributed by atoms with Gasteiger partial charge in [-0.05, 0) is 43.3 Å². The number of benzene rings is 2. The van der Waals surface area contributed by atoms with Gasteiger partial charge in [-0.25, -0.2) is 9.37 Å². The van der Waals surface area contributed by atoms with Crippen LogP contribution >= 0.6 is 11.6 Å². The van der Waals surface area contributed by atoms with E-state index in [1.807, 2.05) is 0 Å². The fraction of sp³-hybridized carbons (Fsp3) is 0.286. The second-order valence-corrected chi connectivity index (χ2v) is 7.11. The fourth-order valence-electron chi connectivity index (χ4n) is 3.22. The smallest absolute Gasteiger partial charge is 0.261 e. The molecular weight excluding hydrogens is 397 g/mol. The van der Waals surface area contributed by atoms with E-state index in [9.17, 15) is 14.0 Å². The van der Waals surface area contributed by atoms with Crippen LogP contribution in [0.25, 0.3) is 10.9 Å². The maximum absolute atomic E-state index is 13.6. The molecule has 6 nitrogen and oxygen atoms in total. The Bertz CT molecular complexity index is 1120. The molecule has 1 amide bonds. The van der Waals surface area contributed by atoms with E-state index in [-0.39, 0.29) is 30.2 Å². The molecule has 3 rings (SSSR count). The molecule has 0 N–H and O–H groups in total. The van der Waals surface area contributed by atoms with Crippen LogP contribution in [0.5, 0.6) is 0 Å². The fourth-order valence-corrected chi connectivity index (χ4v) is 3.39. The first-order valence-corrected chi connectivity index (χ1v) is 9.43. The zero-order valence-electron chi connectivity index (χ0n) is 16.4.